The second-order valence-electron chi connectivity index (χ2n) is 5.05. The molecule has 1 fully saturated rings. The van der Waals surface area contributed by atoms with E-state index >= 15 is 0 Å². The maximum absolute atomic E-state index is 11.5. The number of carboxylic acids is 1. The molecule has 1 saturated heterocycles. The van der Waals surface area contributed by atoms with Crippen molar-refractivity contribution in [2.24, 2.45) is 5.41 Å². The summed E-state index contributed by atoms with van der Waals surface area (Å²) < 4.78 is 5.34. The van der Waals surface area contributed by atoms with Crippen LogP contribution in [0.25, 0.3) is 0 Å². The van der Waals surface area contributed by atoms with Crippen molar-refractivity contribution in [3.8, 4) is 0 Å². The summed E-state index contributed by atoms with van der Waals surface area (Å²) in [5, 5.41) is 9.42. The molecule has 1 aliphatic rings. The van der Waals surface area contributed by atoms with Crippen LogP contribution in [0.5, 0.6) is 0 Å². The minimum atomic E-state index is -0.665. The zero-order valence-electron chi connectivity index (χ0n) is 11.2. The van der Waals surface area contributed by atoms with Crippen molar-refractivity contribution < 1.29 is 14.6 Å². The van der Waals surface area contributed by atoms with Crippen molar-refractivity contribution in [1.82, 2.24) is 4.90 Å². The average molecular weight is 243 g/mol. The SMILES string of the molecule is CCC(CC)(CN(C)C1CCOCC1)C(=O)O. The van der Waals surface area contributed by atoms with E-state index in [1.807, 2.05) is 20.9 Å². The van der Waals surface area contributed by atoms with E-state index in [9.17, 15) is 9.90 Å². The predicted molar refractivity (Wildman–Crippen MR) is 67.1 cm³/mol. The van der Waals surface area contributed by atoms with Gasteiger partial charge in [-0.3, -0.25) is 4.79 Å². The average Bonchev–Trinajstić information content (AvgIpc) is 2.36. The molecule has 0 bridgehead atoms. The fourth-order valence-electron chi connectivity index (χ4n) is 2.58. The first kappa shape index (κ1) is 14.5. The first-order chi connectivity index (χ1) is 8.05. The van der Waals surface area contributed by atoms with Gasteiger partial charge in [0.05, 0.1) is 5.41 Å². The summed E-state index contributed by atoms with van der Waals surface area (Å²) in [5.74, 6) is -0.665. The Morgan fingerprint density at radius 3 is 2.29 bits per heavy atom. The molecule has 0 amide bonds. The largest absolute Gasteiger partial charge is 0.481 e. The normalized spacial score (nSPS) is 18.6. The molecule has 4 heteroatoms. The summed E-state index contributed by atoms with van der Waals surface area (Å²) in [6, 6.07) is 0.473. The minimum absolute atomic E-state index is 0.473. The number of carbonyl (C=O) groups is 1. The van der Waals surface area contributed by atoms with Crippen LogP contribution in [0.3, 0.4) is 0 Å². The van der Waals surface area contributed by atoms with Crippen LogP contribution in [0.1, 0.15) is 39.5 Å². The van der Waals surface area contributed by atoms with Gasteiger partial charge in [0.1, 0.15) is 0 Å². The lowest BCUT2D eigenvalue weighted by Crippen LogP contribution is -2.46. The number of rotatable bonds is 6. The van der Waals surface area contributed by atoms with E-state index in [1.165, 1.54) is 0 Å². The Hall–Kier alpha value is -0.610. The molecule has 0 atom stereocenters. The number of aliphatic carboxylic acids is 1. The van der Waals surface area contributed by atoms with Crippen molar-refractivity contribution in [3.63, 3.8) is 0 Å². The van der Waals surface area contributed by atoms with Crippen molar-refractivity contribution in [1.29, 1.82) is 0 Å². The highest BCUT2D eigenvalue weighted by Crippen LogP contribution is 2.29. The molecule has 0 radical (unpaired) electrons. The van der Waals surface area contributed by atoms with Crippen molar-refractivity contribution in [2.75, 3.05) is 26.8 Å². The monoisotopic (exact) mass is 243 g/mol. The van der Waals surface area contributed by atoms with Gasteiger partial charge in [0.25, 0.3) is 0 Å². The summed E-state index contributed by atoms with van der Waals surface area (Å²) in [4.78, 5) is 13.7. The first-order valence-electron chi connectivity index (χ1n) is 6.57. The molecule has 0 aromatic rings. The van der Waals surface area contributed by atoms with Crippen LogP contribution in [-0.4, -0.2) is 48.8 Å². The predicted octanol–water partition coefficient (Wildman–Crippen LogP) is 1.99. The van der Waals surface area contributed by atoms with Gasteiger partial charge in [0, 0.05) is 25.8 Å². The molecule has 0 saturated carbocycles. The number of hydrogen-bond donors (Lipinski definition) is 1. The van der Waals surface area contributed by atoms with Gasteiger partial charge in [-0.1, -0.05) is 13.8 Å². The van der Waals surface area contributed by atoms with Crippen LogP contribution in [0.15, 0.2) is 0 Å². The summed E-state index contributed by atoms with van der Waals surface area (Å²) in [6.07, 6.45) is 3.40. The second-order valence-corrected chi connectivity index (χ2v) is 5.05. The highest BCUT2D eigenvalue weighted by atomic mass is 16.5. The van der Waals surface area contributed by atoms with Crippen LogP contribution >= 0.6 is 0 Å². The van der Waals surface area contributed by atoms with E-state index in [-0.39, 0.29) is 0 Å². The number of carboxylic acid groups (broad SMARTS) is 1. The Morgan fingerprint density at radius 1 is 1.35 bits per heavy atom. The van der Waals surface area contributed by atoms with E-state index in [2.05, 4.69) is 4.90 Å². The molecule has 0 aromatic carbocycles. The minimum Gasteiger partial charge on any atom is -0.481 e. The molecule has 0 unspecified atom stereocenters. The summed E-state index contributed by atoms with van der Waals surface area (Å²) in [5.41, 5.74) is -0.590. The lowest BCUT2D eigenvalue weighted by atomic mass is 9.81. The lowest BCUT2D eigenvalue weighted by molar-refractivity contribution is -0.151. The van der Waals surface area contributed by atoms with E-state index in [0.29, 0.717) is 25.4 Å². The van der Waals surface area contributed by atoms with Gasteiger partial charge in [-0.15, -0.1) is 0 Å². The molecule has 17 heavy (non-hydrogen) atoms. The van der Waals surface area contributed by atoms with Crippen molar-refractivity contribution >= 4 is 5.97 Å². The zero-order valence-corrected chi connectivity index (χ0v) is 11.2. The standard InChI is InChI=1S/C13H25NO3/c1-4-13(5-2,12(15)16)10-14(3)11-6-8-17-9-7-11/h11H,4-10H2,1-3H3,(H,15,16). The highest BCUT2D eigenvalue weighted by molar-refractivity contribution is 5.74. The van der Waals surface area contributed by atoms with Gasteiger partial charge in [-0.2, -0.15) is 0 Å². The van der Waals surface area contributed by atoms with Gasteiger partial charge in [-0.25, -0.2) is 0 Å². The van der Waals surface area contributed by atoms with E-state index in [0.717, 1.165) is 26.1 Å². The summed E-state index contributed by atoms with van der Waals surface area (Å²) in [6.45, 7) is 6.17. The van der Waals surface area contributed by atoms with E-state index < -0.39 is 11.4 Å². The molecule has 100 valence electrons. The van der Waals surface area contributed by atoms with E-state index in [4.69, 9.17) is 4.74 Å². The third kappa shape index (κ3) is 3.42. The quantitative estimate of drug-likeness (QED) is 0.775. The highest BCUT2D eigenvalue weighted by Gasteiger charge is 2.37. The van der Waals surface area contributed by atoms with Crippen LogP contribution < -0.4 is 0 Å². The van der Waals surface area contributed by atoms with Crippen LogP contribution in [0.4, 0.5) is 0 Å². The Balaban J connectivity index is 2.62. The Bertz CT molecular complexity index is 245. The van der Waals surface area contributed by atoms with Gasteiger partial charge in [-0.05, 0) is 32.7 Å². The molecular weight excluding hydrogens is 218 g/mol. The molecule has 0 aromatic heterocycles. The smallest absolute Gasteiger partial charge is 0.310 e. The van der Waals surface area contributed by atoms with Crippen LogP contribution in [0.2, 0.25) is 0 Å². The van der Waals surface area contributed by atoms with Crippen molar-refractivity contribution in [2.45, 2.75) is 45.6 Å². The van der Waals surface area contributed by atoms with Crippen LogP contribution in [0, 0.1) is 5.41 Å². The van der Waals surface area contributed by atoms with E-state index in [1.54, 1.807) is 0 Å². The maximum atomic E-state index is 11.5. The van der Waals surface area contributed by atoms with Gasteiger partial charge < -0.3 is 14.7 Å². The number of hydrogen-bond acceptors (Lipinski definition) is 3. The molecule has 0 aliphatic carbocycles. The molecular formula is C13H25NO3. The van der Waals surface area contributed by atoms with Gasteiger partial charge in [0.15, 0.2) is 0 Å². The molecule has 1 aliphatic heterocycles. The fraction of sp³-hybridized carbons (Fsp3) is 0.923. The van der Waals surface area contributed by atoms with Gasteiger partial charge >= 0.3 is 5.97 Å². The molecule has 1 rings (SSSR count). The lowest BCUT2D eigenvalue weighted by Gasteiger charge is -2.37. The zero-order chi connectivity index (χ0) is 12.9. The Kier molecular flexibility index (Phi) is 5.40. The summed E-state index contributed by atoms with van der Waals surface area (Å²) in [7, 11) is 2.04. The third-order valence-corrected chi connectivity index (χ3v) is 4.17. The third-order valence-electron chi connectivity index (χ3n) is 4.17. The Labute approximate surface area is 104 Å². The van der Waals surface area contributed by atoms with Crippen molar-refractivity contribution in [3.05, 3.63) is 0 Å². The molecule has 1 N–H and O–H groups in total. The molecule has 1 heterocycles. The summed E-state index contributed by atoms with van der Waals surface area (Å²) >= 11 is 0. The topological polar surface area (TPSA) is 49.8 Å². The second kappa shape index (κ2) is 6.36. The number of ether oxygens (including phenoxy) is 1. The Morgan fingerprint density at radius 2 is 1.88 bits per heavy atom. The van der Waals surface area contributed by atoms with Crippen LogP contribution in [-0.2, 0) is 9.53 Å². The maximum Gasteiger partial charge on any atom is 0.310 e. The molecule has 0 spiro atoms. The first-order valence-corrected chi connectivity index (χ1v) is 6.57. The van der Waals surface area contributed by atoms with Gasteiger partial charge in [0.2, 0.25) is 0 Å². The fourth-order valence-corrected chi connectivity index (χ4v) is 2.58. The molecule has 4 nitrogen and oxygen atoms in total. The number of nitrogens with zero attached hydrogens (tertiary/aromatic N) is 1.